The molecule has 1 aliphatic heterocycles. The smallest absolute Gasteiger partial charge is 0.138 e. The molecule has 1 aromatic heterocycles. The van der Waals surface area contributed by atoms with Crippen LogP contribution in [0.2, 0.25) is 0 Å². The predicted molar refractivity (Wildman–Crippen MR) is 57.9 cm³/mol. The standard InChI is InChI=1S/C10H18N4O2/c1-2-14-10(12-7-13-14)5-8(11)9-6-15-3-4-16-9/h7-9H,2-6,11H2,1H3. The molecule has 2 atom stereocenters. The SMILES string of the molecule is CCn1ncnc1CC(N)C1COCCO1. The monoisotopic (exact) mass is 226 g/mol. The van der Waals surface area contributed by atoms with Gasteiger partial charge in [0.05, 0.1) is 25.9 Å². The van der Waals surface area contributed by atoms with E-state index in [1.165, 1.54) is 0 Å². The van der Waals surface area contributed by atoms with Crippen LogP contribution < -0.4 is 5.73 Å². The maximum atomic E-state index is 6.08. The maximum absolute atomic E-state index is 6.08. The van der Waals surface area contributed by atoms with Crippen molar-refractivity contribution in [1.29, 1.82) is 0 Å². The molecule has 0 amide bonds. The molecule has 2 rings (SSSR count). The molecule has 0 radical (unpaired) electrons. The number of rotatable bonds is 4. The molecule has 6 nitrogen and oxygen atoms in total. The minimum absolute atomic E-state index is 0.0317. The number of aryl methyl sites for hydroxylation is 1. The van der Waals surface area contributed by atoms with Crippen molar-refractivity contribution in [1.82, 2.24) is 14.8 Å². The van der Waals surface area contributed by atoms with E-state index in [1.807, 2.05) is 11.6 Å². The molecule has 0 saturated carbocycles. The lowest BCUT2D eigenvalue weighted by atomic mass is 10.1. The van der Waals surface area contributed by atoms with Crippen molar-refractivity contribution in [2.24, 2.45) is 5.73 Å². The molecule has 16 heavy (non-hydrogen) atoms. The first-order valence-corrected chi connectivity index (χ1v) is 5.63. The van der Waals surface area contributed by atoms with Gasteiger partial charge in [-0.25, -0.2) is 4.98 Å². The average Bonchev–Trinajstić information content (AvgIpc) is 2.77. The first-order valence-electron chi connectivity index (χ1n) is 5.63. The number of hydrogen-bond donors (Lipinski definition) is 1. The van der Waals surface area contributed by atoms with Crippen molar-refractivity contribution >= 4 is 0 Å². The van der Waals surface area contributed by atoms with Crippen LogP contribution in [-0.2, 0) is 22.4 Å². The second-order valence-electron chi connectivity index (χ2n) is 3.84. The fourth-order valence-corrected chi connectivity index (χ4v) is 1.81. The first-order chi connectivity index (χ1) is 7.81. The molecular formula is C10H18N4O2. The molecule has 2 N–H and O–H groups in total. The highest BCUT2D eigenvalue weighted by Crippen LogP contribution is 2.08. The molecule has 90 valence electrons. The Morgan fingerprint density at radius 2 is 2.50 bits per heavy atom. The van der Waals surface area contributed by atoms with Gasteiger partial charge in [-0.3, -0.25) is 4.68 Å². The third kappa shape index (κ3) is 2.58. The van der Waals surface area contributed by atoms with E-state index < -0.39 is 0 Å². The van der Waals surface area contributed by atoms with Gasteiger partial charge < -0.3 is 15.2 Å². The third-order valence-electron chi connectivity index (χ3n) is 2.73. The summed E-state index contributed by atoms with van der Waals surface area (Å²) in [7, 11) is 0. The zero-order valence-corrected chi connectivity index (χ0v) is 9.50. The lowest BCUT2D eigenvalue weighted by Gasteiger charge is -2.27. The van der Waals surface area contributed by atoms with Gasteiger partial charge in [-0.2, -0.15) is 5.10 Å². The van der Waals surface area contributed by atoms with Crippen LogP contribution in [0.25, 0.3) is 0 Å². The Kier molecular flexibility index (Phi) is 3.87. The molecular weight excluding hydrogens is 208 g/mol. The van der Waals surface area contributed by atoms with E-state index in [0.29, 0.717) is 26.2 Å². The van der Waals surface area contributed by atoms with Gasteiger partial charge in [-0.1, -0.05) is 0 Å². The Balaban J connectivity index is 1.93. The van der Waals surface area contributed by atoms with Gasteiger partial charge in [0.25, 0.3) is 0 Å². The van der Waals surface area contributed by atoms with E-state index in [0.717, 1.165) is 12.4 Å². The topological polar surface area (TPSA) is 75.2 Å². The van der Waals surface area contributed by atoms with Crippen molar-refractivity contribution in [2.45, 2.75) is 32.0 Å². The van der Waals surface area contributed by atoms with E-state index >= 15 is 0 Å². The fraction of sp³-hybridized carbons (Fsp3) is 0.800. The zero-order chi connectivity index (χ0) is 11.4. The summed E-state index contributed by atoms with van der Waals surface area (Å²) in [5.74, 6) is 0.907. The summed E-state index contributed by atoms with van der Waals surface area (Å²) in [6.07, 6.45) is 2.20. The van der Waals surface area contributed by atoms with Crippen LogP contribution >= 0.6 is 0 Å². The van der Waals surface area contributed by atoms with Gasteiger partial charge in [0, 0.05) is 19.0 Å². The molecule has 1 aromatic rings. The molecule has 2 heterocycles. The third-order valence-corrected chi connectivity index (χ3v) is 2.73. The van der Waals surface area contributed by atoms with E-state index in [-0.39, 0.29) is 12.1 Å². The molecule has 0 aromatic carbocycles. The average molecular weight is 226 g/mol. The van der Waals surface area contributed by atoms with Crippen molar-refractivity contribution < 1.29 is 9.47 Å². The number of nitrogens with zero attached hydrogens (tertiary/aromatic N) is 3. The number of nitrogens with two attached hydrogens (primary N) is 1. The molecule has 2 unspecified atom stereocenters. The number of hydrogen-bond acceptors (Lipinski definition) is 5. The predicted octanol–water partition coefficient (Wildman–Crippen LogP) is -0.417. The van der Waals surface area contributed by atoms with E-state index in [9.17, 15) is 0 Å². The highest BCUT2D eigenvalue weighted by molar-refractivity contribution is 4.91. The second-order valence-corrected chi connectivity index (χ2v) is 3.84. The normalized spacial score (nSPS) is 23.2. The van der Waals surface area contributed by atoms with Crippen LogP contribution in [0.15, 0.2) is 6.33 Å². The lowest BCUT2D eigenvalue weighted by molar-refractivity contribution is -0.0970. The largest absolute Gasteiger partial charge is 0.376 e. The molecule has 0 spiro atoms. The number of aromatic nitrogens is 3. The zero-order valence-electron chi connectivity index (χ0n) is 9.50. The van der Waals surface area contributed by atoms with Gasteiger partial charge in [-0.15, -0.1) is 0 Å². The van der Waals surface area contributed by atoms with Crippen LogP contribution in [-0.4, -0.2) is 46.7 Å². The van der Waals surface area contributed by atoms with Gasteiger partial charge >= 0.3 is 0 Å². The van der Waals surface area contributed by atoms with E-state index in [4.69, 9.17) is 15.2 Å². The first kappa shape index (κ1) is 11.5. The molecule has 1 saturated heterocycles. The summed E-state index contributed by atoms with van der Waals surface area (Å²) in [5, 5.41) is 4.11. The van der Waals surface area contributed by atoms with E-state index in [2.05, 4.69) is 10.1 Å². The summed E-state index contributed by atoms with van der Waals surface area (Å²) < 4.78 is 12.7. The molecule has 6 heteroatoms. The fourth-order valence-electron chi connectivity index (χ4n) is 1.81. The number of ether oxygens (including phenoxy) is 2. The minimum Gasteiger partial charge on any atom is -0.376 e. The molecule has 0 bridgehead atoms. The Bertz CT molecular complexity index is 322. The summed E-state index contributed by atoms with van der Waals surface area (Å²) >= 11 is 0. The van der Waals surface area contributed by atoms with Crippen molar-refractivity contribution in [2.75, 3.05) is 19.8 Å². The van der Waals surface area contributed by atoms with Gasteiger partial charge in [0.2, 0.25) is 0 Å². The van der Waals surface area contributed by atoms with E-state index in [1.54, 1.807) is 6.33 Å². The lowest BCUT2D eigenvalue weighted by Crippen LogP contribution is -2.45. The maximum Gasteiger partial charge on any atom is 0.138 e. The molecule has 1 fully saturated rings. The Morgan fingerprint density at radius 3 is 3.19 bits per heavy atom. The minimum atomic E-state index is -0.0881. The van der Waals surface area contributed by atoms with Crippen molar-refractivity contribution in [3.8, 4) is 0 Å². The van der Waals surface area contributed by atoms with Crippen LogP contribution in [0, 0.1) is 0 Å². The van der Waals surface area contributed by atoms with Crippen molar-refractivity contribution in [3.63, 3.8) is 0 Å². The summed E-state index contributed by atoms with van der Waals surface area (Å²) in [4.78, 5) is 4.20. The quantitative estimate of drug-likeness (QED) is 0.755. The Hall–Kier alpha value is -0.980. The van der Waals surface area contributed by atoms with Crippen LogP contribution in [0.5, 0.6) is 0 Å². The summed E-state index contributed by atoms with van der Waals surface area (Å²) in [6.45, 7) is 4.70. The highest BCUT2D eigenvalue weighted by atomic mass is 16.6. The van der Waals surface area contributed by atoms with Gasteiger partial charge in [0.1, 0.15) is 12.2 Å². The molecule has 1 aliphatic rings. The Labute approximate surface area is 94.7 Å². The summed E-state index contributed by atoms with van der Waals surface area (Å²) in [6, 6.07) is -0.0881. The summed E-state index contributed by atoms with van der Waals surface area (Å²) in [5.41, 5.74) is 6.08. The molecule has 0 aliphatic carbocycles. The Morgan fingerprint density at radius 1 is 1.62 bits per heavy atom. The van der Waals surface area contributed by atoms with Crippen LogP contribution in [0.4, 0.5) is 0 Å². The van der Waals surface area contributed by atoms with Crippen LogP contribution in [0.1, 0.15) is 12.7 Å². The highest BCUT2D eigenvalue weighted by Gasteiger charge is 2.23. The van der Waals surface area contributed by atoms with Crippen molar-refractivity contribution in [3.05, 3.63) is 12.2 Å². The van der Waals surface area contributed by atoms with Gasteiger partial charge in [-0.05, 0) is 6.92 Å². The van der Waals surface area contributed by atoms with Crippen LogP contribution in [0.3, 0.4) is 0 Å². The second kappa shape index (κ2) is 5.38. The van der Waals surface area contributed by atoms with Gasteiger partial charge in [0.15, 0.2) is 0 Å².